The van der Waals surface area contributed by atoms with E-state index in [0.717, 1.165) is 12.1 Å². The number of hydrogen-bond donors (Lipinski definition) is 1. The van der Waals surface area contributed by atoms with Crippen molar-refractivity contribution in [3.8, 4) is 0 Å². The molecule has 2 aromatic carbocycles. The van der Waals surface area contributed by atoms with Crippen LogP contribution in [-0.4, -0.2) is 5.91 Å². The number of hydrogen-bond acceptors (Lipinski definition) is 1. The van der Waals surface area contributed by atoms with Gasteiger partial charge in [0.1, 0.15) is 0 Å². The zero-order chi connectivity index (χ0) is 17.9. The van der Waals surface area contributed by atoms with Crippen molar-refractivity contribution in [2.75, 3.05) is 0 Å². The first-order chi connectivity index (χ1) is 11.2. The van der Waals surface area contributed by atoms with Crippen LogP contribution < -0.4 is 5.32 Å². The van der Waals surface area contributed by atoms with Crippen molar-refractivity contribution in [3.63, 3.8) is 0 Å². The molecule has 0 fully saturated rings. The molecule has 0 aliphatic rings. The summed E-state index contributed by atoms with van der Waals surface area (Å²) in [6.45, 7) is 1.74. The van der Waals surface area contributed by atoms with Crippen molar-refractivity contribution in [1.29, 1.82) is 0 Å². The highest BCUT2D eigenvalue weighted by Gasteiger charge is 2.30. The van der Waals surface area contributed by atoms with Gasteiger partial charge in [0.2, 0.25) is 5.91 Å². The molecule has 0 heterocycles. The average molecular weight is 376 g/mol. The van der Waals surface area contributed by atoms with E-state index in [9.17, 15) is 18.0 Å². The SMILES string of the molecule is C[C@@H](NC(=O)Cc1cccc(C(F)(F)F)c1)c1ccc(Cl)cc1Cl. The van der Waals surface area contributed by atoms with E-state index >= 15 is 0 Å². The number of halogens is 5. The number of amides is 1. The topological polar surface area (TPSA) is 29.1 Å². The summed E-state index contributed by atoms with van der Waals surface area (Å²) in [7, 11) is 0. The Balaban J connectivity index is 2.05. The van der Waals surface area contributed by atoms with Crippen LogP contribution in [0.5, 0.6) is 0 Å². The van der Waals surface area contributed by atoms with Gasteiger partial charge < -0.3 is 5.32 Å². The molecule has 0 unspecified atom stereocenters. The van der Waals surface area contributed by atoms with Crippen molar-refractivity contribution in [2.24, 2.45) is 0 Å². The Morgan fingerprint density at radius 3 is 2.50 bits per heavy atom. The van der Waals surface area contributed by atoms with Gasteiger partial charge in [0, 0.05) is 10.0 Å². The molecule has 0 aliphatic carbocycles. The van der Waals surface area contributed by atoms with Gasteiger partial charge in [-0.3, -0.25) is 4.79 Å². The largest absolute Gasteiger partial charge is 0.416 e. The summed E-state index contributed by atoms with van der Waals surface area (Å²) in [5, 5.41) is 3.60. The van der Waals surface area contributed by atoms with Crippen LogP contribution in [0.15, 0.2) is 42.5 Å². The van der Waals surface area contributed by atoms with Crippen molar-refractivity contribution in [2.45, 2.75) is 25.6 Å². The minimum Gasteiger partial charge on any atom is -0.349 e. The van der Waals surface area contributed by atoms with Gasteiger partial charge in [-0.25, -0.2) is 0 Å². The Labute approximate surface area is 147 Å². The first-order valence-electron chi connectivity index (χ1n) is 7.07. The van der Waals surface area contributed by atoms with Gasteiger partial charge in [0.15, 0.2) is 0 Å². The summed E-state index contributed by atoms with van der Waals surface area (Å²) in [5.41, 5.74) is 0.191. The second-order valence-electron chi connectivity index (χ2n) is 5.33. The van der Waals surface area contributed by atoms with Gasteiger partial charge in [-0.15, -0.1) is 0 Å². The third-order valence-corrected chi connectivity index (χ3v) is 3.99. The maximum Gasteiger partial charge on any atom is 0.416 e. The minimum atomic E-state index is -4.43. The lowest BCUT2D eigenvalue weighted by atomic mass is 10.1. The third kappa shape index (κ3) is 4.89. The summed E-state index contributed by atoms with van der Waals surface area (Å²) >= 11 is 11.9. The summed E-state index contributed by atoms with van der Waals surface area (Å²) in [6.07, 6.45) is -4.59. The third-order valence-electron chi connectivity index (χ3n) is 3.43. The molecule has 0 bridgehead atoms. The Morgan fingerprint density at radius 2 is 1.88 bits per heavy atom. The van der Waals surface area contributed by atoms with Crippen LogP contribution in [0, 0.1) is 0 Å². The Kier molecular flexibility index (Phi) is 5.78. The highest BCUT2D eigenvalue weighted by molar-refractivity contribution is 6.35. The highest BCUT2D eigenvalue weighted by Crippen LogP contribution is 2.30. The van der Waals surface area contributed by atoms with Gasteiger partial charge in [-0.1, -0.05) is 47.5 Å². The van der Waals surface area contributed by atoms with E-state index in [1.807, 2.05) is 0 Å². The molecule has 2 aromatic rings. The molecule has 2 nitrogen and oxygen atoms in total. The van der Waals surface area contributed by atoms with Crippen LogP contribution in [-0.2, 0) is 17.4 Å². The molecule has 0 spiro atoms. The number of nitrogens with one attached hydrogen (secondary N) is 1. The van der Waals surface area contributed by atoms with Crippen LogP contribution in [0.2, 0.25) is 10.0 Å². The predicted molar refractivity (Wildman–Crippen MR) is 88.2 cm³/mol. The van der Waals surface area contributed by atoms with Gasteiger partial charge in [0.05, 0.1) is 18.0 Å². The lowest BCUT2D eigenvalue weighted by molar-refractivity contribution is -0.137. The van der Waals surface area contributed by atoms with Crippen LogP contribution in [0.3, 0.4) is 0 Å². The van der Waals surface area contributed by atoms with Gasteiger partial charge in [-0.05, 0) is 36.2 Å². The van der Waals surface area contributed by atoms with Crippen molar-refractivity contribution in [1.82, 2.24) is 5.32 Å². The van der Waals surface area contributed by atoms with E-state index in [2.05, 4.69) is 5.32 Å². The fourth-order valence-electron chi connectivity index (χ4n) is 2.27. The van der Waals surface area contributed by atoms with Crippen LogP contribution in [0.4, 0.5) is 13.2 Å². The molecule has 0 saturated carbocycles. The molecule has 7 heteroatoms. The smallest absolute Gasteiger partial charge is 0.349 e. The van der Waals surface area contributed by atoms with E-state index < -0.39 is 23.7 Å². The maximum atomic E-state index is 12.7. The molecule has 128 valence electrons. The van der Waals surface area contributed by atoms with Gasteiger partial charge in [-0.2, -0.15) is 13.2 Å². The highest BCUT2D eigenvalue weighted by atomic mass is 35.5. The summed E-state index contributed by atoms with van der Waals surface area (Å²) in [5.74, 6) is -0.396. The Bertz CT molecular complexity index is 747. The van der Waals surface area contributed by atoms with Crippen molar-refractivity contribution in [3.05, 3.63) is 69.2 Å². The number of benzene rings is 2. The Morgan fingerprint density at radius 1 is 1.17 bits per heavy atom. The molecule has 0 saturated heterocycles. The lowest BCUT2D eigenvalue weighted by Gasteiger charge is -2.16. The molecule has 1 N–H and O–H groups in total. The summed E-state index contributed by atoms with van der Waals surface area (Å²) in [4.78, 5) is 12.1. The van der Waals surface area contributed by atoms with E-state index in [4.69, 9.17) is 23.2 Å². The minimum absolute atomic E-state index is 0.153. The molecule has 1 amide bonds. The summed E-state index contributed by atoms with van der Waals surface area (Å²) < 4.78 is 38.1. The van der Waals surface area contributed by atoms with E-state index in [1.165, 1.54) is 12.1 Å². The molecule has 2 rings (SSSR count). The van der Waals surface area contributed by atoms with E-state index in [0.29, 0.717) is 15.6 Å². The van der Waals surface area contributed by atoms with Crippen molar-refractivity contribution < 1.29 is 18.0 Å². The molecule has 24 heavy (non-hydrogen) atoms. The zero-order valence-corrected chi connectivity index (χ0v) is 14.1. The molecule has 0 aromatic heterocycles. The van der Waals surface area contributed by atoms with Crippen molar-refractivity contribution >= 4 is 29.1 Å². The number of carbonyl (C=O) groups excluding carboxylic acids is 1. The number of carbonyl (C=O) groups is 1. The molecular formula is C17H14Cl2F3NO. The monoisotopic (exact) mass is 375 g/mol. The second kappa shape index (κ2) is 7.45. The predicted octanol–water partition coefficient (Wildman–Crippen LogP) is 5.43. The van der Waals surface area contributed by atoms with Crippen LogP contribution in [0.25, 0.3) is 0 Å². The molecule has 1 atom stereocenters. The van der Waals surface area contributed by atoms with Crippen LogP contribution in [0.1, 0.15) is 29.7 Å². The molecule has 0 radical (unpaired) electrons. The quantitative estimate of drug-likeness (QED) is 0.757. The van der Waals surface area contributed by atoms with E-state index in [1.54, 1.807) is 25.1 Å². The molecule has 0 aliphatic heterocycles. The summed E-state index contributed by atoms with van der Waals surface area (Å²) in [6, 6.07) is 9.22. The molecular weight excluding hydrogens is 362 g/mol. The fraction of sp³-hybridized carbons (Fsp3) is 0.235. The standard InChI is InChI=1S/C17H14Cl2F3NO/c1-10(14-6-5-13(18)9-15(14)19)23-16(24)8-11-3-2-4-12(7-11)17(20,21)22/h2-7,9-10H,8H2,1H3,(H,23,24)/t10-/m1/s1. The Hall–Kier alpha value is -1.72. The fourth-order valence-corrected chi connectivity index (χ4v) is 2.84. The number of alkyl halides is 3. The lowest BCUT2D eigenvalue weighted by Crippen LogP contribution is -2.28. The zero-order valence-electron chi connectivity index (χ0n) is 12.6. The first kappa shape index (κ1) is 18.6. The van der Waals surface area contributed by atoms with Gasteiger partial charge in [0.25, 0.3) is 0 Å². The average Bonchev–Trinajstić information content (AvgIpc) is 2.46. The first-order valence-corrected chi connectivity index (χ1v) is 7.83. The second-order valence-corrected chi connectivity index (χ2v) is 6.17. The number of rotatable bonds is 4. The normalized spacial score (nSPS) is 12.8. The van der Waals surface area contributed by atoms with Crippen LogP contribution >= 0.6 is 23.2 Å². The maximum absolute atomic E-state index is 12.7. The van der Waals surface area contributed by atoms with Gasteiger partial charge >= 0.3 is 6.18 Å². The van der Waals surface area contributed by atoms with E-state index in [-0.39, 0.29) is 12.0 Å².